The van der Waals surface area contributed by atoms with E-state index in [-0.39, 0.29) is 5.02 Å². The summed E-state index contributed by atoms with van der Waals surface area (Å²) in [6, 6.07) is 9.66. The average molecular weight is 334 g/mol. The van der Waals surface area contributed by atoms with Crippen molar-refractivity contribution in [2.45, 2.75) is 18.9 Å². The van der Waals surface area contributed by atoms with Crippen LogP contribution < -0.4 is 0 Å². The fourth-order valence-electron chi connectivity index (χ4n) is 1.97. The first-order valence-electron chi connectivity index (χ1n) is 6.02. The monoisotopic (exact) mass is 332 g/mol. The minimum atomic E-state index is -0.701. The zero-order valence-corrected chi connectivity index (χ0v) is 12.7. The summed E-state index contributed by atoms with van der Waals surface area (Å²) in [5.41, 5.74) is 1.36. The van der Waals surface area contributed by atoms with Gasteiger partial charge in [0.2, 0.25) is 0 Å². The molecule has 1 N–H and O–H groups in total. The quantitative estimate of drug-likeness (QED) is 0.841. The normalized spacial score (nSPS) is 12.4. The van der Waals surface area contributed by atoms with Crippen molar-refractivity contribution in [1.29, 1.82) is 0 Å². The largest absolute Gasteiger partial charge is 0.392 e. The number of hydrogen-bond donors (Lipinski definition) is 1. The van der Waals surface area contributed by atoms with Gasteiger partial charge in [-0.15, -0.1) is 0 Å². The Bertz CT molecular complexity index is 596. The average Bonchev–Trinajstić information content (AvgIpc) is 2.38. The first-order valence-corrected chi connectivity index (χ1v) is 7.15. The van der Waals surface area contributed by atoms with Gasteiger partial charge in [-0.2, -0.15) is 0 Å². The minimum Gasteiger partial charge on any atom is -0.392 e. The molecule has 0 aliphatic rings. The number of benzene rings is 2. The molecule has 2 aromatic rings. The summed E-state index contributed by atoms with van der Waals surface area (Å²) in [5.74, 6) is -0.493. The minimum absolute atomic E-state index is 0.0670. The molecule has 0 heterocycles. The van der Waals surface area contributed by atoms with Crippen molar-refractivity contribution in [2.75, 3.05) is 0 Å². The third-order valence-electron chi connectivity index (χ3n) is 2.96. The van der Waals surface area contributed by atoms with Crippen LogP contribution >= 0.6 is 34.8 Å². The van der Waals surface area contributed by atoms with Gasteiger partial charge in [-0.3, -0.25) is 0 Å². The van der Waals surface area contributed by atoms with Crippen molar-refractivity contribution < 1.29 is 9.50 Å². The lowest BCUT2D eigenvalue weighted by Gasteiger charge is -2.13. The van der Waals surface area contributed by atoms with Crippen LogP contribution in [-0.2, 0) is 12.8 Å². The zero-order chi connectivity index (χ0) is 14.7. The van der Waals surface area contributed by atoms with Crippen molar-refractivity contribution in [1.82, 2.24) is 0 Å². The highest BCUT2D eigenvalue weighted by atomic mass is 35.5. The van der Waals surface area contributed by atoms with Crippen LogP contribution in [0, 0.1) is 5.82 Å². The molecule has 0 aliphatic heterocycles. The van der Waals surface area contributed by atoms with Gasteiger partial charge in [0.05, 0.1) is 11.1 Å². The Labute approximate surface area is 131 Å². The maximum atomic E-state index is 13.3. The zero-order valence-electron chi connectivity index (χ0n) is 10.4. The maximum Gasteiger partial charge on any atom is 0.142 e. The fraction of sp³-hybridized carbons (Fsp3) is 0.200. The molecule has 0 aromatic heterocycles. The van der Waals surface area contributed by atoms with E-state index in [0.29, 0.717) is 34.0 Å². The Morgan fingerprint density at radius 3 is 2.20 bits per heavy atom. The molecular weight excluding hydrogens is 322 g/mol. The summed E-state index contributed by atoms with van der Waals surface area (Å²) < 4.78 is 13.3. The predicted octanol–water partition coefficient (Wildman–Crippen LogP) is 4.93. The molecule has 0 spiro atoms. The van der Waals surface area contributed by atoms with E-state index < -0.39 is 11.9 Å². The number of halogens is 4. The molecule has 0 bridgehead atoms. The van der Waals surface area contributed by atoms with Crippen molar-refractivity contribution in [3.8, 4) is 0 Å². The molecule has 0 fully saturated rings. The van der Waals surface area contributed by atoms with Crippen molar-refractivity contribution in [2.24, 2.45) is 0 Å². The van der Waals surface area contributed by atoms with Gasteiger partial charge in [0, 0.05) is 16.5 Å². The molecule has 0 saturated heterocycles. The second kappa shape index (κ2) is 6.77. The van der Waals surface area contributed by atoms with Crippen LogP contribution in [0.4, 0.5) is 4.39 Å². The predicted molar refractivity (Wildman–Crippen MR) is 81.3 cm³/mol. The molecule has 0 radical (unpaired) electrons. The summed E-state index contributed by atoms with van der Waals surface area (Å²) in [5, 5.41) is 11.2. The summed E-state index contributed by atoms with van der Waals surface area (Å²) in [6.07, 6.45) is -0.0914. The van der Waals surface area contributed by atoms with Gasteiger partial charge in [0.1, 0.15) is 5.82 Å². The Morgan fingerprint density at radius 2 is 1.60 bits per heavy atom. The van der Waals surface area contributed by atoms with E-state index in [4.69, 9.17) is 34.8 Å². The molecule has 1 nitrogen and oxygen atoms in total. The second-order valence-corrected chi connectivity index (χ2v) is 5.73. The topological polar surface area (TPSA) is 20.2 Å². The van der Waals surface area contributed by atoms with Gasteiger partial charge in [0.25, 0.3) is 0 Å². The van der Waals surface area contributed by atoms with Crippen molar-refractivity contribution in [3.63, 3.8) is 0 Å². The first-order chi connectivity index (χ1) is 9.47. The highest BCUT2D eigenvalue weighted by molar-refractivity contribution is 6.36. The molecule has 1 atom stereocenters. The van der Waals surface area contributed by atoms with Crippen molar-refractivity contribution in [3.05, 3.63) is 68.4 Å². The smallest absolute Gasteiger partial charge is 0.142 e. The van der Waals surface area contributed by atoms with Crippen LogP contribution in [0.5, 0.6) is 0 Å². The molecule has 0 saturated carbocycles. The number of aliphatic hydroxyl groups excluding tert-OH is 1. The molecule has 106 valence electrons. The molecule has 1 unspecified atom stereocenters. The lowest BCUT2D eigenvalue weighted by Crippen LogP contribution is -2.14. The van der Waals surface area contributed by atoms with E-state index in [1.807, 2.05) is 0 Å². The van der Waals surface area contributed by atoms with Gasteiger partial charge in [-0.1, -0.05) is 46.9 Å². The van der Waals surface area contributed by atoms with E-state index in [9.17, 15) is 9.50 Å². The fourth-order valence-corrected chi connectivity index (χ4v) is 2.64. The van der Waals surface area contributed by atoms with Gasteiger partial charge < -0.3 is 5.11 Å². The van der Waals surface area contributed by atoms with E-state index in [1.54, 1.807) is 24.3 Å². The Hall–Kier alpha value is -0.800. The van der Waals surface area contributed by atoms with E-state index in [1.165, 1.54) is 12.1 Å². The standard InChI is InChI=1S/C15H12Cl3FO/c16-12-2-1-3-13(17)11(12)8-10(20)6-9-4-5-14(18)15(19)7-9/h1-5,7,10,20H,6,8H2. The Kier molecular flexibility index (Phi) is 5.28. The van der Waals surface area contributed by atoms with Gasteiger partial charge in [-0.05, 0) is 41.8 Å². The molecule has 20 heavy (non-hydrogen) atoms. The number of aliphatic hydroxyl groups is 1. The lowest BCUT2D eigenvalue weighted by molar-refractivity contribution is 0.175. The van der Waals surface area contributed by atoms with Crippen LogP contribution in [0.3, 0.4) is 0 Å². The molecule has 2 rings (SSSR count). The van der Waals surface area contributed by atoms with Gasteiger partial charge in [0.15, 0.2) is 0 Å². The highest BCUT2D eigenvalue weighted by Crippen LogP contribution is 2.26. The lowest BCUT2D eigenvalue weighted by atomic mass is 10.0. The molecular formula is C15H12Cl3FO. The maximum absolute atomic E-state index is 13.3. The number of rotatable bonds is 4. The van der Waals surface area contributed by atoms with E-state index in [2.05, 4.69) is 0 Å². The molecule has 0 amide bonds. The van der Waals surface area contributed by atoms with Crippen LogP contribution in [0.2, 0.25) is 15.1 Å². The second-order valence-electron chi connectivity index (χ2n) is 4.51. The Balaban J connectivity index is 2.09. The number of hydrogen-bond acceptors (Lipinski definition) is 1. The van der Waals surface area contributed by atoms with Crippen LogP contribution in [-0.4, -0.2) is 11.2 Å². The van der Waals surface area contributed by atoms with Gasteiger partial charge >= 0.3 is 0 Å². The SMILES string of the molecule is OC(Cc1ccc(Cl)c(F)c1)Cc1c(Cl)cccc1Cl. The van der Waals surface area contributed by atoms with E-state index >= 15 is 0 Å². The highest BCUT2D eigenvalue weighted by Gasteiger charge is 2.13. The van der Waals surface area contributed by atoms with Crippen LogP contribution in [0.1, 0.15) is 11.1 Å². The third-order valence-corrected chi connectivity index (χ3v) is 3.97. The van der Waals surface area contributed by atoms with Gasteiger partial charge in [-0.25, -0.2) is 4.39 Å². The summed E-state index contributed by atoms with van der Waals surface area (Å²) in [4.78, 5) is 0. The summed E-state index contributed by atoms with van der Waals surface area (Å²) in [7, 11) is 0. The first kappa shape index (κ1) is 15.6. The molecule has 2 aromatic carbocycles. The summed E-state index contributed by atoms with van der Waals surface area (Å²) >= 11 is 17.7. The van der Waals surface area contributed by atoms with E-state index in [0.717, 1.165) is 0 Å². The van der Waals surface area contributed by atoms with Crippen LogP contribution in [0.25, 0.3) is 0 Å². The third kappa shape index (κ3) is 3.86. The van der Waals surface area contributed by atoms with Crippen LogP contribution in [0.15, 0.2) is 36.4 Å². The van der Waals surface area contributed by atoms with Crippen molar-refractivity contribution >= 4 is 34.8 Å². The summed E-state index contributed by atoms with van der Waals surface area (Å²) in [6.45, 7) is 0. The molecule has 5 heteroatoms. The Morgan fingerprint density at radius 1 is 0.950 bits per heavy atom. The molecule has 0 aliphatic carbocycles.